The molecule has 0 unspecified atom stereocenters. The largest absolute Gasteiger partial charge is 0.339 e. The number of rotatable bonds is 9. The molecule has 0 aliphatic carbocycles. The molecule has 1 heterocycles. The van der Waals surface area contributed by atoms with E-state index in [1.807, 2.05) is 40.1 Å². The SMILES string of the molecule is CCN(CC)Cc1ccc(C(=O)N2CCN(C(=O)CCCc3ccccc3)CC2)cc1. The Hall–Kier alpha value is -2.66. The van der Waals surface area contributed by atoms with E-state index in [9.17, 15) is 9.59 Å². The molecular weight excluding hydrogens is 386 g/mol. The average Bonchev–Trinajstić information content (AvgIpc) is 2.83. The number of hydrogen-bond acceptors (Lipinski definition) is 3. The molecular formula is C26H35N3O2. The van der Waals surface area contributed by atoms with E-state index < -0.39 is 0 Å². The molecule has 2 aromatic rings. The summed E-state index contributed by atoms with van der Waals surface area (Å²) in [6, 6.07) is 18.3. The molecule has 31 heavy (non-hydrogen) atoms. The minimum atomic E-state index is 0.0607. The molecule has 0 bridgehead atoms. The topological polar surface area (TPSA) is 43.9 Å². The zero-order valence-electron chi connectivity index (χ0n) is 18.9. The number of carbonyl (C=O) groups is 2. The lowest BCUT2D eigenvalue weighted by Gasteiger charge is -2.35. The second kappa shape index (κ2) is 11.7. The van der Waals surface area contributed by atoms with Gasteiger partial charge in [-0.2, -0.15) is 0 Å². The Labute approximate surface area is 186 Å². The molecule has 1 saturated heterocycles. The van der Waals surface area contributed by atoms with Gasteiger partial charge in [0, 0.05) is 44.7 Å². The van der Waals surface area contributed by atoms with Gasteiger partial charge in [0.2, 0.25) is 5.91 Å². The van der Waals surface area contributed by atoms with Crippen LogP contribution in [-0.2, 0) is 17.8 Å². The van der Waals surface area contributed by atoms with E-state index >= 15 is 0 Å². The lowest BCUT2D eigenvalue weighted by Crippen LogP contribution is -2.50. The Balaban J connectivity index is 1.43. The molecule has 0 saturated carbocycles. The van der Waals surface area contributed by atoms with Crippen molar-refractivity contribution in [2.45, 2.75) is 39.7 Å². The van der Waals surface area contributed by atoms with E-state index in [2.05, 4.69) is 43.0 Å². The predicted octanol–water partition coefficient (Wildman–Crippen LogP) is 3.84. The van der Waals surface area contributed by atoms with E-state index in [-0.39, 0.29) is 11.8 Å². The van der Waals surface area contributed by atoms with Crippen molar-refractivity contribution in [3.8, 4) is 0 Å². The molecule has 0 atom stereocenters. The van der Waals surface area contributed by atoms with Gasteiger partial charge in [-0.05, 0) is 49.2 Å². The van der Waals surface area contributed by atoms with Gasteiger partial charge in [-0.1, -0.05) is 56.3 Å². The van der Waals surface area contributed by atoms with Crippen LogP contribution in [0, 0.1) is 0 Å². The first-order chi connectivity index (χ1) is 15.1. The quantitative estimate of drug-likeness (QED) is 0.618. The summed E-state index contributed by atoms with van der Waals surface area (Å²) in [4.78, 5) is 31.5. The van der Waals surface area contributed by atoms with Gasteiger partial charge in [-0.25, -0.2) is 0 Å². The molecule has 5 heteroatoms. The summed E-state index contributed by atoms with van der Waals surface area (Å²) >= 11 is 0. The second-order valence-corrected chi connectivity index (χ2v) is 8.17. The molecule has 0 N–H and O–H groups in total. The molecule has 166 valence electrons. The fourth-order valence-electron chi connectivity index (χ4n) is 4.05. The zero-order chi connectivity index (χ0) is 22.1. The van der Waals surface area contributed by atoms with Crippen molar-refractivity contribution in [1.82, 2.24) is 14.7 Å². The highest BCUT2D eigenvalue weighted by Crippen LogP contribution is 2.13. The maximum absolute atomic E-state index is 12.9. The molecule has 0 aromatic heterocycles. The minimum Gasteiger partial charge on any atom is -0.339 e. The highest BCUT2D eigenvalue weighted by atomic mass is 16.2. The van der Waals surface area contributed by atoms with Gasteiger partial charge in [0.15, 0.2) is 0 Å². The van der Waals surface area contributed by atoms with Crippen LogP contribution in [0.5, 0.6) is 0 Å². The van der Waals surface area contributed by atoms with Crippen LogP contribution in [0.4, 0.5) is 0 Å². The summed E-state index contributed by atoms with van der Waals surface area (Å²) in [5.74, 6) is 0.259. The van der Waals surface area contributed by atoms with Crippen LogP contribution in [0.1, 0.15) is 48.2 Å². The maximum Gasteiger partial charge on any atom is 0.253 e. The second-order valence-electron chi connectivity index (χ2n) is 8.17. The van der Waals surface area contributed by atoms with Crippen molar-refractivity contribution in [2.24, 2.45) is 0 Å². The van der Waals surface area contributed by atoms with Crippen LogP contribution >= 0.6 is 0 Å². The van der Waals surface area contributed by atoms with Gasteiger partial charge in [-0.3, -0.25) is 14.5 Å². The normalized spacial score (nSPS) is 14.2. The summed E-state index contributed by atoms with van der Waals surface area (Å²) in [5.41, 5.74) is 3.23. The van der Waals surface area contributed by atoms with Crippen LogP contribution in [0.3, 0.4) is 0 Å². The summed E-state index contributed by atoms with van der Waals surface area (Å²) in [7, 11) is 0. The molecule has 0 spiro atoms. The lowest BCUT2D eigenvalue weighted by molar-refractivity contribution is -0.132. The van der Waals surface area contributed by atoms with Crippen LogP contribution in [0.2, 0.25) is 0 Å². The van der Waals surface area contributed by atoms with Gasteiger partial charge in [-0.15, -0.1) is 0 Å². The van der Waals surface area contributed by atoms with Crippen molar-refractivity contribution in [2.75, 3.05) is 39.3 Å². The molecule has 3 rings (SSSR count). The van der Waals surface area contributed by atoms with Crippen molar-refractivity contribution < 1.29 is 9.59 Å². The summed E-state index contributed by atoms with van der Waals surface area (Å²) < 4.78 is 0. The Morgan fingerprint density at radius 3 is 2.03 bits per heavy atom. The Morgan fingerprint density at radius 1 is 0.806 bits per heavy atom. The number of aryl methyl sites for hydroxylation is 1. The summed E-state index contributed by atoms with van der Waals surface area (Å²) in [5, 5.41) is 0. The molecule has 1 aliphatic heterocycles. The molecule has 0 radical (unpaired) electrons. The van der Waals surface area contributed by atoms with E-state index in [4.69, 9.17) is 0 Å². The third-order valence-electron chi connectivity index (χ3n) is 6.12. The lowest BCUT2D eigenvalue weighted by atomic mass is 10.1. The standard InChI is InChI=1S/C26H35N3O2/c1-3-27(4-2)21-23-13-15-24(16-14-23)26(31)29-19-17-28(18-20-29)25(30)12-8-11-22-9-6-5-7-10-22/h5-7,9-10,13-16H,3-4,8,11-12,17-21H2,1-2H3. The molecule has 1 fully saturated rings. The highest BCUT2D eigenvalue weighted by molar-refractivity contribution is 5.94. The number of carbonyl (C=O) groups excluding carboxylic acids is 2. The number of amides is 2. The minimum absolute atomic E-state index is 0.0607. The number of hydrogen-bond donors (Lipinski definition) is 0. The van der Waals surface area contributed by atoms with Gasteiger partial charge in [0.05, 0.1) is 0 Å². The van der Waals surface area contributed by atoms with Gasteiger partial charge in [0.25, 0.3) is 5.91 Å². The van der Waals surface area contributed by atoms with Crippen molar-refractivity contribution in [1.29, 1.82) is 0 Å². The fraction of sp³-hybridized carbons (Fsp3) is 0.462. The first-order valence-electron chi connectivity index (χ1n) is 11.5. The zero-order valence-corrected chi connectivity index (χ0v) is 18.9. The number of nitrogens with zero attached hydrogens (tertiary/aromatic N) is 3. The van der Waals surface area contributed by atoms with Crippen molar-refractivity contribution in [3.05, 3.63) is 71.3 Å². The van der Waals surface area contributed by atoms with E-state index in [0.717, 1.165) is 38.0 Å². The van der Waals surface area contributed by atoms with Crippen molar-refractivity contribution in [3.63, 3.8) is 0 Å². The van der Waals surface area contributed by atoms with Gasteiger partial charge < -0.3 is 9.80 Å². The number of benzene rings is 2. The Kier molecular flexibility index (Phi) is 8.65. The average molecular weight is 422 g/mol. The molecule has 2 amide bonds. The summed E-state index contributed by atoms with van der Waals surface area (Å²) in [6.45, 7) is 9.72. The first kappa shape index (κ1) is 23.0. The van der Waals surface area contributed by atoms with Crippen molar-refractivity contribution >= 4 is 11.8 Å². The van der Waals surface area contributed by atoms with Gasteiger partial charge in [0.1, 0.15) is 0 Å². The molecule has 5 nitrogen and oxygen atoms in total. The Bertz CT molecular complexity index is 823. The fourth-order valence-corrected chi connectivity index (χ4v) is 4.05. The maximum atomic E-state index is 12.9. The van der Waals surface area contributed by atoms with Crippen LogP contribution in [0.25, 0.3) is 0 Å². The highest BCUT2D eigenvalue weighted by Gasteiger charge is 2.24. The number of piperazine rings is 1. The van der Waals surface area contributed by atoms with E-state index in [1.165, 1.54) is 11.1 Å². The smallest absolute Gasteiger partial charge is 0.253 e. The third-order valence-corrected chi connectivity index (χ3v) is 6.12. The van der Waals surface area contributed by atoms with E-state index in [0.29, 0.717) is 32.6 Å². The first-order valence-corrected chi connectivity index (χ1v) is 11.5. The van der Waals surface area contributed by atoms with Crippen LogP contribution < -0.4 is 0 Å². The van der Waals surface area contributed by atoms with E-state index in [1.54, 1.807) is 0 Å². The predicted molar refractivity (Wildman–Crippen MR) is 125 cm³/mol. The monoisotopic (exact) mass is 421 g/mol. The Morgan fingerprint density at radius 2 is 1.42 bits per heavy atom. The molecule has 1 aliphatic rings. The summed E-state index contributed by atoms with van der Waals surface area (Å²) in [6.07, 6.45) is 2.36. The third kappa shape index (κ3) is 6.66. The van der Waals surface area contributed by atoms with Crippen LogP contribution in [-0.4, -0.2) is 65.8 Å². The van der Waals surface area contributed by atoms with Gasteiger partial charge >= 0.3 is 0 Å². The van der Waals surface area contributed by atoms with Crippen LogP contribution in [0.15, 0.2) is 54.6 Å². The molecule has 2 aromatic carbocycles.